The molecule has 0 aromatic rings. The highest BCUT2D eigenvalue weighted by Crippen LogP contribution is 2.14. The molecule has 1 aliphatic heterocycles. The van der Waals surface area contributed by atoms with Gasteiger partial charge >= 0.3 is 18.0 Å². The van der Waals surface area contributed by atoms with Crippen molar-refractivity contribution in [2.45, 2.75) is 38.6 Å². The Morgan fingerprint density at radius 1 is 1.24 bits per heavy atom. The maximum atomic E-state index is 12.2. The summed E-state index contributed by atoms with van der Waals surface area (Å²) in [4.78, 5) is 62.9. The van der Waals surface area contributed by atoms with Crippen molar-refractivity contribution >= 4 is 29.8 Å². The van der Waals surface area contributed by atoms with Gasteiger partial charge in [0.15, 0.2) is 0 Å². The van der Waals surface area contributed by atoms with Crippen LogP contribution >= 0.6 is 0 Å². The van der Waals surface area contributed by atoms with Crippen LogP contribution in [0, 0.1) is 0 Å². The summed E-state index contributed by atoms with van der Waals surface area (Å²) >= 11 is 0. The number of nitrogens with one attached hydrogen (secondary N) is 1. The summed E-state index contributed by atoms with van der Waals surface area (Å²) in [7, 11) is 0. The first-order valence-electron chi connectivity index (χ1n) is 7.66. The molecular formula is C15H20N2O8. The largest absolute Gasteiger partial charge is 0.466 e. The van der Waals surface area contributed by atoms with Gasteiger partial charge in [0.2, 0.25) is 0 Å². The maximum absolute atomic E-state index is 12.2. The van der Waals surface area contributed by atoms with Gasteiger partial charge in [0.25, 0.3) is 11.8 Å². The molecule has 0 spiro atoms. The van der Waals surface area contributed by atoms with Crippen LogP contribution in [0.5, 0.6) is 0 Å². The monoisotopic (exact) mass is 356 g/mol. The van der Waals surface area contributed by atoms with Crippen molar-refractivity contribution in [3.8, 4) is 0 Å². The number of hydrogen-bond acceptors (Lipinski definition) is 8. The topological polar surface area (TPSA) is 128 Å². The zero-order valence-corrected chi connectivity index (χ0v) is 13.8. The molecule has 0 aromatic carbocycles. The summed E-state index contributed by atoms with van der Waals surface area (Å²) in [6.07, 6.45) is -0.0747. The number of hydrogen-bond donors (Lipinski definition) is 1. The number of ether oxygens (including phenoxy) is 2. The fourth-order valence-electron chi connectivity index (χ4n) is 1.87. The highest BCUT2D eigenvalue weighted by atomic mass is 16.7. The van der Waals surface area contributed by atoms with Crippen LogP contribution in [0.4, 0.5) is 4.79 Å². The van der Waals surface area contributed by atoms with Crippen LogP contribution in [-0.2, 0) is 33.5 Å². The summed E-state index contributed by atoms with van der Waals surface area (Å²) in [5.41, 5.74) is 0. The van der Waals surface area contributed by atoms with E-state index >= 15 is 0 Å². The van der Waals surface area contributed by atoms with Crippen LogP contribution in [0.25, 0.3) is 0 Å². The standard InChI is InChI=1S/C15H20N2O8/c1-3-9-24-15(22)16-10(5-8-13(20)23-4-2)14(21)25-17-11(18)6-7-12(17)19/h3,10H,1,4-9H2,2H3,(H,16,22)/t10-/m1/s1. The van der Waals surface area contributed by atoms with Crippen LogP contribution in [0.15, 0.2) is 12.7 Å². The van der Waals surface area contributed by atoms with Crippen molar-refractivity contribution in [2.24, 2.45) is 0 Å². The second-order valence-corrected chi connectivity index (χ2v) is 4.92. The summed E-state index contributed by atoms with van der Waals surface area (Å²) < 4.78 is 9.44. The summed E-state index contributed by atoms with van der Waals surface area (Å²) in [5.74, 6) is -2.95. The molecule has 1 N–H and O–H groups in total. The summed E-state index contributed by atoms with van der Waals surface area (Å²) in [6.45, 7) is 5.07. The Labute approximate surface area is 144 Å². The van der Waals surface area contributed by atoms with E-state index in [1.165, 1.54) is 6.08 Å². The quantitative estimate of drug-likeness (QED) is 0.353. The minimum absolute atomic E-state index is 0.0611. The Morgan fingerprint density at radius 2 is 1.88 bits per heavy atom. The molecule has 0 unspecified atom stereocenters. The lowest BCUT2D eigenvalue weighted by Gasteiger charge is -2.19. The van der Waals surface area contributed by atoms with Gasteiger partial charge in [-0.3, -0.25) is 14.4 Å². The SMILES string of the molecule is C=CCOC(=O)N[C@H](CCC(=O)OCC)C(=O)ON1C(=O)CCC1=O. The van der Waals surface area contributed by atoms with Crippen LogP contribution in [-0.4, -0.2) is 54.2 Å². The number of carbonyl (C=O) groups excluding carboxylic acids is 5. The van der Waals surface area contributed by atoms with Crippen LogP contribution in [0.2, 0.25) is 0 Å². The molecule has 1 heterocycles. The van der Waals surface area contributed by atoms with Crippen molar-refractivity contribution in [1.82, 2.24) is 10.4 Å². The molecular weight excluding hydrogens is 336 g/mol. The first-order chi connectivity index (χ1) is 11.9. The highest BCUT2D eigenvalue weighted by Gasteiger charge is 2.35. The number of imide groups is 1. The molecule has 138 valence electrons. The molecule has 0 aromatic heterocycles. The third kappa shape index (κ3) is 6.61. The maximum Gasteiger partial charge on any atom is 0.408 e. The van der Waals surface area contributed by atoms with Gasteiger partial charge in [-0.05, 0) is 13.3 Å². The van der Waals surface area contributed by atoms with E-state index < -0.39 is 35.9 Å². The van der Waals surface area contributed by atoms with E-state index in [4.69, 9.17) is 14.3 Å². The molecule has 0 radical (unpaired) electrons. The van der Waals surface area contributed by atoms with Crippen molar-refractivity contribution in [3.63, 3.8) is 0 Å². The van der Waals surface area contributed by atoms with Crippen molar-refractivity contribution in [1.29, 1.82) is 0 Å². The molecule has 25 heavy (non-hydrogen) atoms. The number of rotatable bonds is 9. The number of hydroxylamine groups is 2. The third-order valence-electron chi connectivity index (χ3n) is 3.04. The second kappa shape index (κ2) is 10.1. The predicted octanol–water partition coefficient (Wildman–Crippen LogP) is 0.218. The molecule has 0 bridgehead atoms. The fraction of sp³-hybridized carbons (Fsp3) is 0.533. The average Bonchev–Trinajstić information content (AvgIpc) is 2.88. The van der Waals surface area contributed by atoms with E-state index in [-0.39, 0.29) is 38.9 Å². The van der Waals surface area contributed by atoms with Crippen molar-refractivity contribution in [3.05, 3.63) is 12.7 Å². The highest BCUT2D eigenvalue weighted by molar-refractivity contribution is 6.01. The first-order valence-corrected chi connectivity index (χ1v) is 7.66. The molecule has 10 nitrogen and oxygen atoms in total. The Bertz CT molecular complexity index is 544. The zero-order valence-electron chi connectivity index (χ0n) is 13.8. The molecule has 1 atom stereocenters. The van der Waals surface area contributed by atoms with E-state index in [2.05, 4.69) is 11.9 Å². The average molecular weight is 356 g/mol. The minimum Gasteiger partial charge on any atom is -0.466 e. The van der Waals surface area contributed by atoms with E-state index in [0.29, 0.717) is 5.06 Å². The Kier molecular flexibility index (Phi) is 8.10. The number of esters is 1. The predicted molar refractivity (Wildman–Crippen MR) is 81.5 cm³/mol. The van der Waals surface area contributed by atoms with Crippen LogP contribution in [0.1, 0.15) is 32.6 Å². The van der Waals surface area contributed by atoms with Gasteiger partial charge in [-0.15, -0.1) is 5.06 Å². The number of alkyl carbamates (subject to hydrolysis) is 1. The molecule has 0 aliphatic carbocycles. The normalized spacial score (nSPS) is 14.7. The summed E-state index contributed by atoms with van der Waals surface area (Å²) in [6, 6.07) is -1.30. The fourth-order valence-corrected chi connectivity index (χ4v) is 1.87. The zero-order chi connectivity index (χ0) is 18.8. The minimum atomic E-state index is -1.30. The second-order valence-electron chi connectivity index (χ2n) is 4.92. The van der Waals surface area contributed by atoms with Gasteiger partial charge < -0.3 is 19.6 Å². The number of nitrogens with zero attached hydrogens (tertiary/aromatic N) is 1. The van der Waals surface area contributed by atoms with Crippen molar-refractivity contribution in [2.75, 3.05) is 13.2 Å². The lowest BCUT2D eigenvalue weighted by molar-refractivity contribution is -0.199. The molecule has 3 amide bonds. The van der Waals surface area contributed by atoms with Gasteiger partial charge in [0.05, 0.1) is 6.61 Å². The number of carbonyl (C=O) groups is 5. The van der Waals surface area contributed by atoms with Crippen LogP contribution < -0.4 is 5.32 Å². The molecule has 1 fully saturated rings. The lowest BCUT2D eigenvalue weighted by atomic mass is 10.1. The van der Waals surface area contributed by atoms with Crippen LogP contribution in [0.3, 0.4) is 0 Å². The molecule has 0 saturated carbocycles. The van der Waals surface area contributed by atoms with Gasteiger partial charge in [-0.1, -0.05) is 12.7 Å². The van der Waals surface area contributed by atoms with Gasteiger partial charge in [0.1, 0.15) is 12.6 Å². The van der Waals surface area contributed by atoms with E-state index in [1.807, 2.05) is 0 Å². The van der Waals surface area contributed by atoms with E-state index in [0.717, 1.165) is 0 Å². The van der Waals surface area contributed by atoms with E-state index in [1.54, 1.807) is 6.92 Å². The lowest BCUT2D eigenvalue weighted by Crippen LogP contribution is -2.45. The smallest absolute Gasteiger partial charge is 0.408 e. The molecule has 1 saturated heterocycles. The molecule has 1 rings (SSSR count). The Hall–Kier alpha value is -2.91. The number of amides is 3. The third-order valence-corrected chi connectivity index (χ3v) is 3.04. The molecule has 1 aliphatic rings. The van der Waals surface area contributed by atoms with Crippen molar-refractivity contribution < 1.29 is 38.3 Å². The van der Waals surface area contributed by atoms with Gasteiger partial charge in [-0.2, -0.15) is 0 Å². The Morgan fingerprint density at radius 3 is 2.44 bits per heavy atom. The first kappa shape index (κ1) is 20.1. The van der Waals surface area contributed by atoms with E-state index in [9.17, 15) is 24.0 Å². The summed E-state index contributed by atoms with van der Waals surface area (Å²) in [5, 5.41) is 2.57. The van der Waals surface area contributed by atoms with Gasteiger partial charge in [0, 0.05) is 19.3 Å². The Balaban J connectivity index is 2.70. The molecule has 10 heteroatoms. The van der Waals surface area contributed by atoms with Gasteiger partial charge in [-0.25, -0.2) is 9.59 Å².